The van der Waals surface area contributed by atoms with E-state index in [-0.39, 0.29) is 32.6 Å². The lowest BCUT2D eigenvalue weighted by molar-refractivity contribution is -0.291. The van der Waals surface area contributed by atoms with E-state index in [1.165, 1.54) is 0 Å². The van der Waals surface area contributed by atoms with Crippen molar-refractivity contribution in [2.45, 2.75) is 81.0 Å². The Kier molecular flexibility index (Phi) is 11.8. The Balaban J connectivity index is 1.66. The SMILES string of the molecule is [N-]=[N+]=NC[C@H]1O[C@H](O[C@@H]2C[C@@H](O)[C@H](N=[N+]=[N-])C[C@H]2N=[N+]=[N-])[C@H](N=[N+]=[N-])[C@@H](OCc2ccccc2)[C@@H]1OCc1ccccc1. The van der Waals surface area contributed by atoms with Crippen LogP contribution in [0.15, 0.2) is 81.1 Å². The van der Waals surface area contributed by atoms with Gasteiger partial charge in [0, 0.05) is 26.1 Å². The number of aliphatic hydroxyl groups is 1. The summed E-state index contributed by atoms with van der Waals surface area (Å²) in [6, 6.07) is 16.0. The molecule has 2 aromatic carbocycles. The van der Waals surface area contributed by atoms with Gasteiger partial charge in [0.05, 0.1) is 50.2 Å². The number of nitrogens with zero attached hydrogens (tertiary/aromatic N) is 12. The van der Waals surface area contributed by atoms with Crippen LogP contribution in [-0.2, 0) is 32.2 Å². The van der Waals surface area contributed by atoms with Crippen LogP contribution >= 0.6 is 0 Å². The second-order valence-electron chi connectivity index (χ2n) is 9.93. The van der Waals surface area contributed by atoms with Crippen molar-refractivity contribution in [2.75, 3.05) is 6.54 Å². The molecule has 17 heteroatoms. The zero-order valence-electron chi connectivity index (χ0n) is 23.0. The van der Waals surface area contributed by atoms with Crippen molar-refractivity contribution in [1.82, 2.24) is 0 Å². The lowest BCUT2D eigenvalue weighted by atomic mass is 9.86. The Labute approximate surface area is 245 Å². The van der Waals surface area contributed by atoms with Gasteiger partial charge in [0.15, 0.2) is 6.29 Å². The first-order valence-corrected chi connectivity index (χ1v) is 13.5. The van der Waals surface area contributed by atoms with E-state index in [2.05, 4.69) is 40.1 Å². The zero-order valence-corrected chi connectivity index (χ0v) is 23.0. The van der Waals surface area contributed by atoms with Gasteiger partial charge in [-0.05, 0) is 39.7 Å². The highest BCUT2D eigenvalue weighted by atomic mass is 16.7. The molecule has 0 bridgehead atoms. The van der Waals surface area contributed by atoms with Gasteiger partial charge in [0.1, 0.15) is 18.2 Å². The maximum absolute atomic E-state index is 10.6. The van der Waals surface area contributed by atoms with Crippen molar-refractivity contribution in [3.8, 4) is 0 Å². The Bertz CT molecular complexity index is 1380. The summed E-state index contributed by atoms with van der Waals surface area (Å²) >= 11 is 0. The predicted octanol–water partition coefficient (Wildman–Crippen LogP) is 5.77. The van der Waals surface area contributed by atoms with E-state index >= 15 is 0 Å². The van der Waals surface area contributed by atoms with Crippen LogP contribution in [-0.4, -0.2) is 66.6 Å². The van der Waals surface area contributed by atoms with Gasteiger partial charge in [-0.3, -0.25) is 0 Å². The Hall–Kier alpha value is -4.52. The number of azide groups is 4. The molecule has 9 atom stereocenters. The van der Waals surface area contributed by atoms with E-state index in [1.807, 2.05) is 60.7 Å². The highest BCUT2D eigenvalue weighted by Gasteiger charge is 2.49. The lowest BCUT2D eigenvalue weighted by Crippen LogP contribution is -2.61. The number of hydrogen-bond acceptors (Lipinski definition) is 9. The fourth-order valence-electron chi connectivity index (χ4n) is 5.18. The van der Waals surface area contributed by atoms with Crippen LogP contribution in [0.4, 0.5) is 0 Å². The molecule has 2 aliphatic rings. The first-order chi connectivity index (χ1) is 21.1. The maximum Gasteiger partial charge on any atom is 0.169 e. The van der Waals surface area contributed by atoms with E-state index in [0.717, 1.165) is 11.1 Å². The lowest BCUT2D eigenvalue weighted by Gasteiger charge is -2.46. The molecule has 1 aliphatic heterocycles. The third-order valence-corrected chi connectivity index (χ3v) is 7.23. The average Bonchev–Trinajstić information content (AvgIpc) is 3.02. The summed E-state index contributed by atoms with van der Waals surface area (Å²) in [6.45, 7) is 0.137. The summed E-state index contributed by atoms with van der Waals surface area (Å²) in [4.78, 5) is 11.5. The first kappa shape index (κ1) is 31.4. The minimum absolute atomic E-state index is 0.0256. The molecule has 0 unspecified atom stereocenters. The molecule has 0 radical (unpaired) electrons. The molecular weight excluding hydrogens is 560 g/mol. The zero-order chi connectivity index (χ0) is 30.4. The molecular formula is C26H30N12O5. The highest BCUT2D eigenvalue weighted by Crippen LogP contribution is 2.35. The Morgan fingerprint density at radius 3 is 1.91 bits per heavy atom. The van der Waals surface area contributed by atoms with E-state index in [0.29, 0.717) is 0 Å². The summed E-state index contributed by atoms with van der Waals surface area (Å²) in [5, 5.41) is 25.7. The number of benzene rings is 2. The van der Waals surface area contributed by atoms with Gasteiger partial charge in [-0.25, -0.2) is 0 Å². The fraction of sp³-hybridized carbons (Fsp3) is 0.538. The first-order valence-electron chi connectivity index (χ1n) is 13.5. The van der Waals surface area contributed by atoms with E-state index in [4.69, 9.17) is 35.5 Å². The van der Waals surface area contributed by atoms with Gasteiger partial charge in [0.2, 0.25) is 0 Å². The van der Waals surface area contributed by atoms with E-state index in [1.54, 1.807) is 0 Å². The molecule has 43 heavy (non-hydrogen) atoms. The topological polar surface area (TPSA) is 252 Å². The summed E-state index contributed by atoms with van der Waals surface area (Å²) < 4.78 is 25.1. The van der Waals surface area contributed by atoms with Crippen LogP contribution in [0.3, 0.4) is 0 Å². The van der Waals surface area contributed by atoms with Crippen molar-refractivity contribution in [1.29, 1.82) is 0 Å². The van der Waals surface area contributed by atoms with Crippen LogP contribution in [0.1, 0.15) is 24.0 Å². The summed E-state index contributed by atoms with van der Waals surface area (Å²) in [5.41, 5.74) is 38.4. The molecule has 1 saturated carbocycles. The third kappa shape index (κ3) is 8.51. The van der Waals surface area contributed by atoms with Gasteiger partial charge in [-0.2, -0.15) is 0 Å². The summed E-state index contributed by atoms with van der Waals surface area (Å²) in [7, 11) is 0. The normalized spacial score (nSPS) is 30.0. The van der Waals surface area contributed by atoms with Crippen molar-refractivity contribution in [3.63, 3.8) is 0 Å². The molecule has 2 aromatic rings. The molecule has 1 saturated heterocycles. The van der Waals surface area contributed by atoms with Gasteiger partial charge < -0.3 is 24.1 Å². The fourth-order valence-corrected chi connectivity index (χ4v) is 5.18. The smallest absolute Gasteiger partial charge is 0.169 e. The average molecular weight is 591 g/mol. The number of hydrogen-bond donors (Lipinski definition) is 1. The minimum Gasteiger partial charge on any atom is -0.393 e. The molecule has 17 nitrogen and oxygen atoms in total. The van der Waals surface area contributed by atoms with Crippen LogP contribution in [0.5, 0.6) is 0 Å². The standard InChI is InChI=1S/C26H30N12O5/c27-35-31-13-22-24(40-14-16-7-3-1-4-8-16)25(41-15-17-9-5-2-6-10-17)23(34-38-30)26(43-22)42-21-12-20(39)18(32-36-28)11-19(21)33-37-29/h1-10,18-26,39H,11-15H2/t18-,19-,20-,21-,22-,23-,24-,25-,26+/m1/s1. The number of aliphatic hydroxyl groups excluding tert-OH is 1. The molecule has 1 heterocycles. The van der Waals surface area contributed by atoms with Crippen molar-refractivity contribution in [2.24, 2.45) is 20.5 Å². The van der Waals surface area contributed by atoms with Crippen LogP contribution in [0, 0.1) is 0 Å². The van der Waals surface area contributed by atoms with Gasteiger partial charge in [-0.15, -0.1) is 0 Å². The second-order valence-corrected chi connectivity index (χ2v) is 9.93. The van der Waals surface area contributed by atoms with Gasteiger partial charge >= 0.3 is 0 Å². The van der Waals surface area contributed by atoms with Crippen LogP contribution < -0.4 is 0 Å². The largest absolute Gasteiger partial charge is 0.393 e. The number of rotatable bonds is 13. The van der Waals surface area contributed by atoms with E-state index in [9.17, 15) is 10.6 Å². The second kappa shape index (κ2) is 16.2. The molecule has 0 spiro atoms. The summed E-state index contributed by atoms with van der Waals surface area (Å²) in [6.07, 6.45) is -5.95. The van der Waals surface area contributed by atoms with Gasteiger partial charge in [0.25, 0.3) is 0 Å². The molecule has 4 rings (SSSR count). The molecule has 1 N–H and O–H groups in total. The highest BCUT2D eigenvalue weighted by molar-refractivity contribution is 5.15. The van der Waals surface area contributed by atoms with E-state index < -0.39 is 54.9 Å². The minimum atomic E-state index is -1.27. The molecule has 1 aliphatic carbocycles. The monoisotopic (exact) mass is 590 g/mol. The van der Waals surface area contributed by atoms with Crippen molar-refractivity contribution < 1.29 is 24.1 Å². The quantitative estimate of drug-likeness (QED) is 0.173. The molecule has 0 amide bonds. The van der Waals surface area contributed by atoms with Crippen LogP contribution in [0.2, 0.25) is 0 Å². The maximum atomic E-state index is 10.6. The molecule has 0 aromatic heterocycles. The molecule has 2 fully saturated rings. The molecule has 224 valence electrons. The Morgan fingerprint density at radius 2 is 1.33 bits per heavy atom. The van der Waals surface area contributed by atoms with Crippen molar-refractivity contribution in [3.05, 3.63) is 114 Å². The third-order valence-electron chi connectivity index (χ3n) is 7.23. The number of ether oxygens (including phenoxy) is 4. The van der Waals surface area contributed by atoms with Crippen LogP contribution in [0.25, 0.3) is 41.8 Å². The Morgan fingerprint density at radius 1 is 0.744 bits per heavy atom. The summed E-state index contributed by atoms with van der Waals surface area (Å²) in [5.74, 6) is 0. The van der Waals surface area contributed by atoms with Gasteiger partial charge in [-0.1, -0.05) is 81.1 Å². The predicted molar refractivity (Wildman–Crippen MR) is 152 cm³/mol. The van der Waals surface area contributed by atoms with Crippen molar-refractivity contribution >= 4 is 0 Å².